The second-order valence-electron chi connectivity index (χ2n) is 5.19. The molecule has 0 aliphatic heterocycles. The lowest BCUT2D eigenvalue weighted by Gasteiger charge is -2.15. The summed E-state index contributed by atoms with van der Waals surface area (Å²) < 4.78 is 5.63. The highest BCUT2D eigenvalue weighted by molar-refractivity contribution is 6.31. The lowest BCUT2D eigenvalue weighted by molar-refractivity contribution is -0.122. The summed E-state index contributed by atoms with van der Waals surface area (Å²) in [4.78, 5) is 12.2. The molecular weight excluding hydrogens is 312 g/mol. The van der Waals surface area contributed by atoms with Gasteiger partial charge in [0, 0.05) is 10.7 Å². The minimum atomic E-state index is -0.644. The van der Waals surface area contributed by atoms with Crippen molar-refractivity contribution in [3.05, 3.63) is 58.6 Å². The summed E-state index contributed by atoms with van der Waals surface area (Å²) in [5, 5.41) is 12.1. The van der Waals surface area contributed by atoms with Crippen LogP contribution in [0.2, 0.25) is 5.02 Å². The van der Waals surface area contributed by atoms with Gasteiger partial charge in [0.2, 0.25) is 0 Å². The van der Waals surface area contributed by atoms with Gasteiger partial charge in [-0.3, -0.25) is 4.79 Å². The van der Waals surface area contributed by atoms with Gasteiger partial charge in [0.05, 0.1) is 12.5 Å². The molecule has 0 saturated heterocycles. The number of nitrogens with zero attached hydrogens (tertiary/aromatic N) is 1. The van der Waals surface area contributed by atoms with Crippen LogP contribution >= 0.6 is 11.6 Å². The average Bonchev–Trinajstić information content (AvgIpc) is 2.53. The molecule has 0 radical (unpaired) electrons. The van der Waals surface area contributed by atoms with Gasteiger partial charge in [-0.2, -0.15) is 5.26 Å². The van der Waals surface area contributed by atoms with Crippen molar-refractivity contribution >= 4 is 23.2 Å². The van der Waals surface area contributed by atoms with Crippen LogP contribution in [0.5, 0.6) is 5.75 Å². The van der Waals surface area contributed by atoms with Crippen LogP contribution in [0.4, 0.5) is 5.69 Å². The highest BCUT2D eigenvalue weighted by atomic mass is 35.5. The van der Waals surface area contributed by atoms with Crippen molar-refractivity contribution in [3.8, 4) is 11.8 Å². The molecule has 1 N–H and O–H groups in total. The van der Waals surface area contributed by atoms with Crippen molar-refractivity contribution in [3.63, 3.8) is 0 Å². The molecule has 0 bridgehead atoms. The molecule has 2 aromatic rings. The maximum atomic E-state index is 12.2. The van der Waals surface area contributed by atoms with E-state index in [2.05, 4.69) is 11.4 Å². The number of aryl methyl sites for hydroxylation is 1. The molecule has 0 fully saturated rings. The number of amides is 1. The molecule has 1 unspecified atom stereocenters. The van der Waals surface area contributed by atoms with Crippen molar-refractivity contribution in [2.24, 2.45) is 0 Å². The average molecular weight is 329 g/mol. The highest BCUT2D eigenvalue weighted by Gasteiger charge is 2.15. The topological polar surface area (TPSA) is 62.1 Å². The molecule has 0 aliphatic carbocycles. The number of hydrogen-bond donors (Lipinski definition) is 1. The summed E-state index contributed by atoms with van der Waals surface area (Å²) in [6.45, 7) is 3.56. The summed E-state index contributed by atoms with van der Waals surface area (Å²) in [6, 6.07) is 14.5. The Morgan fingerprint density at radius 1 is 1.30 bits per heavy atom. The molecular formula is C18H17ClN2O2. The van der Waals surface area contributed by atoms with Crippen LogP contribution in [0.25, 0.3) is 0 Å². The molecule has 2 aromatic carbocycles. The largest absolute Gasteiger partial charge is 0.481 e. The molecule has 1 amide bonds. The molecule has 5 heteroatoms. The Morgan fingerprint density at radius 3 is 2.61 bits per heavy atom. The summed E-state index contributed by atoms with van der Waals surface area (Å²) >= 11 is 5.97. The Kier molecular flexibility index (Phi) is 5.61. The number of ether oxygens (including phenoxy) is 1. The maximum absolute atomic E-state index is 12.2. The minimum absolute atomic E-state index is 0.245. The van der Waals surface area contributed by atoms with Crippen LogP contribution in [0, 0.1) is 18.3 Å². The first-order valence-electron chi connectivity index (χ1n) is 7.19. The van der Waals surface area contributed by atoms with E-state index in [-0.39, 0.29) is 5.91 Å². The van der Waals surface area contributed by atoms with Crippen LogP contribution in [0.15, 0.2) is 42.5 Å². The van der Waals surface area contributed by atoms with E-state index in [4.69, 9.17) is 21.6 Å². The number of carbonyl (C=O) groups excluding carboxylic acids is 1. The summed E-state index contributed by atoms with van der Waals surface area (Å²) in [5.74, 6) is 0.351. The molecule has 4 nitrogen and oxygen atoms in total. The third-order valence-electron chi connectivity index (χ3n) is 3.32. The van der Waals surface area contributed by atoms with Crippen LogP contribution in [-0.2, 0) is 11.2 Å². The van der Waals surface area contributed by atoms with Crippen LogP contribution in [-0.4, -0.2) is 12.0 Å². The van der Waals surface area contributed by atoms with Gasteiger partial charge in [0.25, 0.3) is 5.91 Å². The van der Waals surface area contributed by atoms with Gasteiger partial charge < -0.3 is 10.1 Å². The van der Waals surface area contributed by atoms with E-state index in [1.165, 1.54) is 0 Å². The number of nitriles is 1. The summed E-state index contributed by atoms with van der Waals surface area (Å²) in [5.41, 5.74) is 2.47. The third-order valence-corrected chi connectivity index (χ3v) is 3.74. The Bertz CT molecular complexity index is 736. The predicted molar refractivity (Wildman–Crippen MR) is 90.7 cm³/mol. The zero-order chi connectivity index (χ0) is 16.8. The fourth-order valence-corrected chi connectivity index (χ4v) is 2.11. The normalized spacial score (nSPS) is 11.4. The second kappa shape index (κ2) is 7.66. The Morgan fingerprint density at radius 2 is 2.00 bits per heavy atom. The number of halogens is 1. The number of benzene rings is 2. The van der Waals surface area contributed by atoms with E-state index < -0.39 is 6.10 Å². The molecule has 0 aliphatic rings. The minimum Gasteiger partial charge on any atom is -0.481 e. The van der Waals surface area contributed by atoms with Gasteiger partial charge in [-0.25, -0.2) is 0 Å². The standard InChI is InChI=1S/C18H17ClN2O2/c1-12-11-16(7-8-17(12)19)23-13(2)18(22)21-15-5-3-14(4-6-15)9-10-20/h3-8,11,13H,9H2,1-2H3,(H,21,22). The summed E-state index contributed by atoms with van der Waals surface area (Å²) in [6.07, 6.45) is -0.293. The van der Waals surface area contributed by atoms with Crippen LogP contribution < -0.4 is 10.1 Å². The molecule has 0 aromatic heterocycles. The monoisotopic (exact) mass is 328 g/mol. The SMILES string of the molecule is Cc1cc(OC(C)C(=O)Nc2ccc(CC#N)cc2)ccc1Cl. The Balaban J connectivity index is 1.96. The van der Waals surface area contributed by atoms with E-state index in [9.17, 15) is 4.79 Å². The Labute approximate surface area is 140 Å². The van der Waals surface area contributed by atoms with Crippen molar-refractivity contribution in [1.82, 2.24) is 0 Å². The number of nitrogens with one attached hydrogen (secondary N) is 1. The molecule has 0 heterocycles. The summed E-state index contributed by atoms with van der Waals surface area (Å²) in [7, 11) is 0. The van der Waals surface area contributed by atoms with Crippen molar-refractivity contribution in [1.29, 1.82) is 5.26 Å². The van der Waals surface area contributed by atoms with E-state index in [0.717, 1.165) is 11.1 Å². The van der Waals surface area contributed by atoms with Gasteiger partial charge >= 0.3 is 0 Å². The molecule has 23 heavy (non-hydrogen) atoms. The zero-order valence-corrected chi connectivity index (χ0v) is 13.7. The van der Waals surface area contributed by atoms with E-state index in [0.29, 0.717) is 22.9 Å². The van der Waals surface area contributed by atoms with Crippen LogP contribution in [0.3, 0.4) is 0 Å². The lowest BCUT2D eigenvalue weighted by atomic mass is 10.1. The van der Waals surface area contributed by atoms with Gasteiger partial charge in [-0.05, 0) is 55.3 Å². The van der Waals surface area contributed by atoms with E-state index in [1.807, 2.05) is 19.1 Å². The van der Waals surface area contributed by atoms with Gasteiger partial charge in [0.15, 0.2) is 6.10 Å². The van der Waals surface area contributed by atoms with Gasteiger partial charge in [0.1, 0.15) is 5.75 Å². The predicted octanol–water partition coefficient (Wildman–Crippen LogP) is 4.12. The quantitative estimate of drug-likeness (QED) is 0.898. The zero-order valence-electron chi connectivity index (χ0n) is 13.0. The fourth-order valence-electron chi connectivity index (χ4n) is 1.99. The number of anilines is 1. The first-order valence-corrected chi connectivity index (χ1v) is 7.57. The van der Waals surface area contributed by atoms with Crippen molar-refractivity contribution in [2.45, 2.75) is 26.4 Å². The van der Waals surface area contributed by atoms with E-state index >= 15 is 0 Å². The van der Waals surface area contributed by atoms with Gasteiger partial charge in [-0.15, -0.1) is 0 Å². The third kappa shape index (κ3) is 4.73. The van der Waals surface area contributed by atoms with Crippen molar-refractivity contribution < 1.29 is 9.53 Å². The maximum Gasteiger partial charge on any atom is 0.265 e. The Hall–Kier alpha value is -2.51. The number of rotatable bonds is 5. The van der Waals surface area contributed by atoms with Gasteiger partial charge in [-0.1, -0.05) is 23.7 Å². The molecule has 1 atom stereocenters. The van der Waals surface area contributed by atoms with E-state index in [1.54, 1.807) is 37.3 Å². The fraction of sp³-hybridized carbons (Fsp3) is 0.222. The number of hydrogen-bond acceptors (Lipinski definition) is 3. The molecule has 118 valence electrons. The lowest BCUT2D eigenvalue weighted by Crippen LogP contribution is -2.30. The molecule has 0 saturated carbocycles. The second-order valence-corrected chi connectivity index (χ2v) is 5.60. The first-order chi connectivity index (χ1) is 11.0. The first kappa shape index (κ1) is 16.9. The molecule has 2 rings (SSSR count). The van der Waals surface area contributed by atoms with Crippen LogP contribution in [0.1, 0.15) is 18.1 Å². The van der Waals surface area contributed by atoms with Crippen molar-refractivity contribution in [2.75, 3.05) is 5.32 Å². The number of carbonyl (C=O) groups is 1. The highest BCUT2D eigenvalue weighted by Crippen LogP contribution is 2.22. The molecule has 0 spiro atoms. The smallest absolute Gasteiger partial charge is 0.265 e.